The second kappa shape index (κ2) is 8.13. The van der Waals surface area contributed by atoms with E-state index in [0.29, 0.717) is 5.92 Å². The minimum Gasteiger partial charge on any atom is -0.323 e. The van der Waals surface area contributed by atoms with Crippen LogP contribution < -0.4 is 5.32 Å². The maximum Gasteiger partial charge on any atom is 0.248 e. The summed E-state index contributed by atoms with van der Waals surface area (Å²) in [4.78, 5) is 11.9. The highest BCUT2D eigenvalue weighted by molar-refractivity contribution is 14.1. The minimum atomic E-state index is -0.118. The molecule has 2 rings (SSSR count). The molecule has 2 aromatic carbocycles. The first-order valence-electron chi connectivity index (χ1n) is 7.36. The molecule has 0 unspecified atom stereocenters. The van der Waals surface area contributed by atoms with Gasteiger partial charge in [0.05, 0.1) is 0 Å². The van der Waals surface area contributed by atoms with Gasteiger partial charge < -0.3 is 5.32 Å². The zero-order chi connectivity index (χ0) is 15.9. The first kappa shape index (κ1) is 16.7. The van der Waals surface area contributed by atoms with E-state index in [1.807, 2.05) is 42.5 Å². The molecule has 0 aliphatic carbocycles. The lowest BCUT2D eigenvalue weighted by Gasteiger charge is -2.05. The van der Waals surface area contributed by atoms with E-state index < -0.39 is 0 Å². The monoisotopic (exact) mass is 405 g/mol. The number of halogens is 1. The van der Waals surface area contributed by atoms with Crippen LogP contribution in [0, 0.1) is 9.49 Å². The summed E-state index contributed by atoms with van der Waals surface area (Å²) in [5.41, 5.74) is 3.17. The largest absolute Gasteiger partial charge is 0.323 e. The summed E-state index contributed by atoms with van der Waals surface area (Å²) in [5.74, 6) is 0.536. The molecule has 0 fully saturated rings. The van der Waals surface area contributed by atoms with Crippen molar-refractivity contribution in [3.63, 3.8) is 0 Å². The smallest absolute Gasteiger partial charge is 0.248 e. The summed E-state index contributed by atoms with van der Waals surface area (Å²) in [5, 5.41) is 2.85. The molecule has 0 aromatic heterocycles. The molecule has 22 heavy (non-hydrogen) atoms. The van der Waals surface area contributed by atoms with Gasteiger partial charge in [-0.3, -0.25) is 4.79 Å². The Morgan fingerprint density at radius 1 is 1.09 bits per heavy atom. The van der Waals surface area contributed by atoms with Gasteiger partial charge >= 0.3 is 0 Å². The second-order valence-corrected chi connectivity index (χ2v) is 6.91. The van der Waals surface area contributed by atoms with E-state index in [4.69, 9.17) is 0 Å². The average Bonchev–Trinajstić information content (AvgIpc) is 2.48. The fourth-order valence-corrected chi connectivity index (χ4v) is 2.48. The van der Waals surface area contributed by atoms with Gasteiger partial charge in [-0.15, -0.1) is 0 Å². The molecule has 2 aromatic rings. The first-order chi connectivity index (χ1) is 10.5. The van der Waals surface area contributed by atoms with E-state index in [1.54, 1.807) is 6.08 Å². The lowest BCUT2D eigenvalue weighted by Crippen LogP contribution is -2.07. The van der Waals surface area contributed by atoms with Crippen molar-refractivity contribution in [1.82, 2.24) is 0 Å². The summed E-state index contributed by atoms with van der Waals surface area (Å²) in [6.07, 6.45) is 4.48. The molecule has 0 spiro atoms. The van der Waals surface area contributed by atoms with Gasteiger partial charge in [-0.05, 0) is 76.4 Å². The van der Waals surface area contributed by atoms with Gasteiger partial charge in [0.1, 0.15) is 0 Å². The van der Waals surface area contributed by atoms with Crippen LogP contribution in [-0.4, -0.2) is 5.91 Å². The quantitative estimate of drug-likeness (QED) is 0.542. The van der Waals surface area contributed by atoms with Gasteiger partial charge in [-0.1, -0.05) is 38.1 Å². The summed E-state index contributed by atoms with van der Waals surface area (Å²) in [6, 6.07) is 16.1. The highest BCUT2D eigenvalue weighted by Gasteiger charge is 1.99. The number of amides is 1. The fraction of sp³-hybridized carbons (Fsp3) is 0.211. The van der Waals surface area contributed by atoms with Crippen LogP contribution in [0.5, 0.6) is 0 Å². The highest BCUT2D eigenvalue weighted by atomic mass is 127. The molecule has 0 aliphatic heterocycles. The zero-order valence-corrected chi connectivity index (χ0v) is 15.0. The standard InChI is InChI=1S/C19H20INO/c1-14(2)13-16-5-3-15(4-6-16)7-12-19(22)21-18-10-8-17(20)9-11-18/h3-12,14H,13H2,1-2H3,(H,21,22). The van der Waals surface area contributed by atoms with Crippen LogP contribution in [0.25, 0.3) is 6.08 Å². The maximum absolute atomic E-state index is 11.9. The van der Waals surface area contributed by atoms with Crippen molar-refractivity contribution in [3.8, 4) is 0 Å². The van der Waals surface area contributed by atoms with E-state index in [1.165, 1.54) is 5.56 Å². The van der Waals surface area contributed by atoms with Crippen LogP contribution in [0.4, 0.5) is 5.69 Å². The van der Waals surface area contributed by atoms with E-state index in [9.17, 15) is 4.79 Å². The molecule has 3 heteroatoms. The molecule has 0 saturated carbocycles. The lowest BCUT2D eigenvalue weighted by atomic mass is 10.0. The average molecular weight is 405 g/mol. The van der Waals surface area contributed by atoms with Gasteiger partial charge in [0.15, 0.2) is 0 Å². The van der Waals surface area contributed by atoms with Crippen LogP contribution in [0.15, 0.2) is 54.6 Å². The fourth-order valence-electron chi connectivity index (χ4n) is 2.13. The van der Waals surface area contributed by atoms with E-state index in [2.05, 4.69) is 53.9 Å². The molecular weight excluding hydrogens is 385 g/mol. The number of hydrogen-bond acceptors (Lipinski definition) is 1. The Bertz CT molecular complexity index is 642. The Hall–Kier alpha value is -1.62. The summed E-state index contributed by atoms with van der Waals surface area (Å²) in [6.45, 7) is 4.42. The molecule has 0 heterocycles. The van der Waals surface area contributed by atoms with Crippen molar-refractivity contribution in [3.05, 3.63) is 69.3 Å². The third kappa shape index (κ3) is 5.64. The van der Waals surface area contributed by atoms with Crippen LogP contribution >= 0.6 is 22.6 Å². The van der Waals surface area contributed by atoms with Gasteiger partial charge in [-0.2, -0.15) is 0 Å². The second-order valence-electron chi connectivity index (χ2n) is 5.67. The van der Waals surface area contributed by atoms with E-state index in [0.717, 1.165) is 21.2 Å². The van der Waals surface area contributed by atoms with E-state index >= 15 is 0 Å². The normalized spacial score (nSPS) is 11.1. The molecule has 1 amide bonds. The number of carbonyl (C=O) groups excluding carboxylic acids is 1. The van der Waals surface area contributed by atoms with Crippen LogP contribution in [-0.2, 0) is 11.2 Å². The van der Waals surface area contributed by atoms with Gasteiger partial charge in [0.2, 0.25) is 5.91 Å². The van der Waals surface area contributed by atoms with Gasteiger partial charge in [0, 0.05) is 15.3 Å². The Balaban J connectivity index is 1.93. The predicted octanol–water partition coefficient (Wildman–Crippen LogP) is 5.14. The van der Waals surface area contributed by atoms with Crippen molar-refractivity contribution in [2.45, 2.75) is 20.3 Å². The molecule has 0 atom stereocenters. The zero-order valence-electron chi connectivity index (χ0n) is 12.8. The van der Waals surface area contributed by atoms with Crippen LogP contribution in [0.3, 0.4) is 0 Å². The third-order valence-corrected chi connectivity index (χ3v) is 3.88. The number of anilines is 1. The molecule has 0 bridgehead atoms. The van der Waals surface area contributed by atoms with Crippen LogP contribution in [0.2, 0.25) is 0 Å². The van der Waals surface area contributed by atoms with Gasteiger partial charge in [-0.25, -0.2) is 0 Å². The summed E-state index contributed by atoms with van der Waals surface area (Å²) >= 11 is 2.24. The number of benzene rings is 2. The van der Waals surface area contributed by atoms with Crippen LogP contribution in [0.1, 0.15) is 25.0 Å². The Kier molecular flexibility index (Phi) is 6.19. The van der Waals surface area contributed by atoms with Gasteiger partial charge in [0.25, 0.3) is 0 Å². The molecule has 0 saturated heterocycles. The van der Waals surface area contributed by atoms with Crippen molar-refractivity contribution in [1.29, 1.82) is 0 Å². The minimum absolute atomic E-state index is 0.118. The number of rotatable bonds is 5. The number of hydrogen-bond donors (Lipinski definition) is 1. The molecule has 0 radical (unpaired) electrons. The number of carbonyl (C=O) groups is 1. The van der Waals surface area contributed by atoms with Crippen molar-refractivity contribution < 1.29 is 4.79 Å². The Labute approximate surface area is 145 Å². The predicted molar refractivity (Wildman–Crippen MR) is 102 cm³/mol. The SMILES string of the molecule is CC(C)Cc1ccc(C=CC(=O)Nc2ccc(I)cc2)cc1. The Morgan fingerprint density at radius 3 is 2.32 bits per heavy atom. The Morgan fingerprint density at radius 2 is 1.73 bits per heavy atom. The third-order valence-electron chi connectivity index (χ3n) is 3.16. The van der Waals surface area contributed by atoms with Crippen molar-refractivity contribution >= 4 is 40.3 Å². The summed E-state index contributed by atoms with van der Waals surface area (Å²) in [7, 11) is 0. The topological polar surface area (TPSA) is 29.1 Å². The first-order valence-corrected chi connectivity index (χ1v) is 8.44. The molecule has 0 aliphatic rings. The molecule has 114 valence electrons. The lowest BCUT2D eigenvalue weighted by molar-refractivity contribution is -0.111. The summed E-state index contributed by atoms with van der Waals surface area (Å²) < 4.78 is 1.15. The molecule has 1 N–H and O–H groups in total. The number of nitrogens with one attached hydrogen (secondary N) is 1. The van der Waals surface area contributed by atoms with E-state index in [-0.39, 0.29) is 5.91 Å². The van der Waals surface area contributed by atoms with Crippen molar-refractivity contribution in [2.24, 2.45) is 5.92 Å². The van der Waals surface area contributed by atoms with Crippen molar-refractivity contribution in [2.75, 3.05) is 5.32 Å². The maximum atomic E-state index is 11.9. The molecular formula is C19H20INO. The highest BCUT2D eigenvalue weighted by Crippen LogP contribution is 2.12. The molecule has 2 nitrogen and oxygen atoms in total.